The van der Waals surface area contributed by atoms with Crippen LogP contribution in [0.5, 0.6) is 0 Å². The summed E-state index contributed by atoms with van der Waals surface area (Å²) >= 11 is 4.14. The fourth-order valence-electron chi connectivity index (χ4n) is 1.56. The van der Waals surface area contributed by atoms with Crippen LogP contribution in [0.4, 0.5) is 0 Å². The maximum atomic E-state index is 4.53. The average Bonchev–Trinajstić information content (AvgIpc) is 2.33. The smallest absolute Gasteiger partial charge is 0.0578 e. The van der Waals surface area contributed by atoms with E-state index in [9.17, 15) is 0 Å². The van der Waals surface area contributed by atoms with Crippen LogP contribution in [-0.4, -0.2) is 11.6 Å². The molecule has 0 spiro atoms. The molecule has 0 rings (SSSR count). The summed E-state index contributed by atoms with van der Waals surface area (Å²) in [6.45, 7) is 18.4. The van der Waals surface area contributed by atoms with Gasteiger partial charge in [0, 0.05) is 17.6 Å². The summed E-state index contributed by atoms with van der Waals surface area (Å²) in [4.78, 5) is 4.53. The van der Waals surface area contributed by atoms with Gasteiger partial charge in [-0.15, -0.1) is 0 Å². The molecule has 0 aromatic rings. The number of thiol groups is 1. The van der Waals surface area contributed by atoms with Crippen molar-refractivity contribution in [1.82, 2.24) is 5.32 Å². The van der Waals surface area contributed by atoms with Gasteiger partial charge in [0.2, 0.25) is 0 Å². The number of nitrogens with zero attached hydrogens (tertiary/aromatic N) is 1. The number of allylic oxidation sites excluding steroid dienone is 5. The summed E-state index contributed by atoms with van der Waals surface area (Å²) in [6, 6.07) is 0. The van der Waals surface area contributed by atoms with Gasteiger partial charge in [-0.1, -0.05) is 31.2 Å². The molecule has 0 bridgehead atoms. The molecule has 0 saturated heterocycles. The molecule has 1 atom stereocenters. The lowest BCUT2D eigenvalue weighted by Crippen LogP contribution is -2.11. The molecule has 0 aliphatic carbocycles. The molecule has 0 saturated carbocycles. The Bertz CT molecular complexity index is 438. The summed E-state index contributed by atoms with van der Waals surface area (Å²) in [7, 11) is 0. The van der Waals surface area contributed by atoms with E-state index in [2.05, 4.69) is 49.1 Å². The van der Waals surface area contributed by atoms with Crippen LogP contribution < -0.4 is 5.32 Å². The summed E-state index contributed by atoms with van der Waals surface area (Å²) in [6.07, 6.45) is 4.81. The van der Waals surface area contributed by atoms with Crippen molar-refractivity contribution in [2.24, 2.45) is 10.9 Å². The van der Waals surface area contributed by atoms with Crippen LogP contribution in [0.3, 0.4) is 0 Å². The van der Waals surface area contributed by atoms with Gasteiger partial charge in [-0.25, -0.2) is 0 Å². The SMILES string of the molecule is C=C(C)C(CC(C)C(=C)/C=C(\C)NCS)=NC=C(C)C. The lowest BCUT2D eigenvalue weighted by molar-refractivity contribution is 0.732. The highest BCUT2D eigenvalue weighted by Gasteiger charge is 2.10. The van der Waals surface area contributed by atoms with E-state index in [1.54, 1.807) is 0 Å². The first-order valence-electron chi connectivity index (χ1n) is 6.85. The van der Waals surface area contributed by atoms with E-state index < -0.39 is 0 Å². The Morgan fingerprint density at radius 3 is 2.30 bits per heavy atom. The van der Waals surface area contributed by atoms with Gasteiger partial charge in [0.05, 0.1) is 5.88 Å². The van der Waals surface area contributed by atoms with E-state index in [-0.39, 0.29) is 0 Å². The first kappa shape index (κ1) is 18.8. The number of hydrogen-bond acceptors (Lipinski definition) is 3. The third-order valence-corrected chi connectivity index (χ3v) is 3.02. The topological polar surface area (TPSA) is 24.4 Å². The predicted octanol–water partition coefficient (Wildman–Crippen LogP) is 4.89. The van der Waals surface area contributed by atoms with Gasteiger partial charge in [-0.2, -0.15) is 12.6 Å². The summed E-state index contributed by atoms with van der Waals surface area (Å²) in [5.74, 6) is 0.955. The van der Waals surface area contributed by atoms with Crippen molar-refractivity contribution in [2.75, 3.05) is 5.88 Å². The van der Waals surface area contributed by atoms with E-state index in [1.807, 2.05) is 33.9 Å². The van der Waals surface area contributed by atoms with Crippen LogP contribution in [0.15, 0.2) is 52.8 Å². The third kappa shape index (κ3) is 8.05. The normalized spacial score (nSPS) is 13.7. The lowest BCUT2D eigenvalue weighted by atomic mass is 9.93. The average molecular weight is 292 g/mol. The Kier molecular flexibility index (Phi) is 9.06. The number of rotatable bonds is 8. The standard InChI is InChI=1S/C17H28N2S/c1-12(2)10-18-17(13(3)4)9-15(6)14(5)8-16(7)19-11-20/h8,10,15,19-20H,3,5,9,11H2,1-2,4,6-7H3/b16-8+,18-17?. The molecular formula is C17H28N2S. The molecule has 2 nitrogen and oxygen atoms in total. The first-order chi connectivity index (χ1) is 9.27. The fraction of sp³-hybridized carbons (Fsp3) is 0.471. The molecule has 0 fully saturated rings. The number of aliphatic imine (C=N–C) groups is 1. The molecular weight excluding hydrogens is 264 g/mol. The molecule has 0 radical (unpaired) electrons. The minimum atomic E-state index is 0.327. The van der Waals surface area contributed by atoms with Crippen LogP contribution in [0.1, 0.15) is 41.0 Å². The Labute approximate surface area is 129 Å². The molecule has 0 aromatic carbocycles. The number of nitrogens with one attached hydrogen (secondary N) is 1. The molecule has 0 heterocycles. The van der Waals surface area contributed by atoms with Gasteiger partial charge >= 0.3 is 0 Å². The van der Waals surface area contributed by atoms with Gasteiger partial charge in [-0.05, 0) is 51.7 Å². The second kappa shape index (κ2) is 9.65. The third-order valence-electron chi connectivity index (χ3n) is 2.86. The van der Waals surface area contributed by atoms with Crippen molar-refractivity contribution < 1.29 is 0 Å². The molecule has 0 aromatic heterocycles. The zero-order valence-electron chi connectivity index (χ0n) is 13.5. The predicted molar refractivity (Wildman–Crippen MR) is 95.3 cm³/mol. The molecule has 1 unspecified atom stereocenters. The highest BCUT2D eigenvalue weighted by molar-refractivity contribution is 7.80. The molecule has 1 N–H and O–H groups in total. The second-order valence-corrected chi connectivity index (χ2v) is 5.72. The monoisotopic (exact) mass is 292 g/mol. The van der Waals surface area contributed by atoms with Crippen LogP contribution in [-0.2, 0) is 0 Å². The summed E-state index contributed by atoms with van der Waals surface area (Å²) in [5.41, 5.74) is 5.39. The number of hydrogen-bond donors (Lipinski definition) is 2. The molecule has 0 amide bonds. The Morgan fingerprint density at radius 1 is 1.25 bits per heavy atom. The summed E-state index contributed by atoms with van der Waals surface area (Å²) in [5, 5.41) is 3.15. The molecule has 3 heteroatoms. The maximum Gasteiger partial charge on any atom is 0.0578 e. The lowest BCUT2D eigenvalue weighted by Gasteiger charge is -2.15. The molecule has 20 heavy (non-hydrogen) atoms. The van der Waals surface area contributed by atoms with Crippen LogP contribution >= 0.6 is 12.6 Å². The molecule has 0 aliphatic rings. The molecule has 0 aliphatic heterocycles. The Balaban J connectivity index is 4.86. The first-order valence-corrected chi connectivity index (χ1v) is 7.49. The van der Waals surface area contributed by atoms with Crippen LogP contribution in [0.25, 0.3) is 0 Å². The zero-order valence-corrected chi connectivity index (χ0v) is 14.3. The Morgan fingerprint density at radius 2 is 1.85 bits per heavy atom. The van der Waals surface area contributed by atoms with Crippen LogP contribution in [0, 0.1) is 5.92 Å². The van der Waals surface area contributed by atoms with Crippen molar-refractivity contribution in [1.29, 1.82) is 0 Å². The van der Waals surface area contributed by atoms with E-state index >= 15 is 0 Å². The van der Waals surface area contributed by atoms with Gasteiger partial charge < -0.3 is 5.32 Å². The van der Waals surface area contributed by atoms with E-state index in [1.165, 1.54) is 5.57 Å². The second-order valence-electron chi connectivity index (χ2n) is 5.40. The minimum absolute atomic E-state index is 0.327. The fourth-order valence-corrected chi connectivity index (χ4v) is 1.81. The van der Waals surface area contributed by atoms with Crippen molar-refractivity contribution in [3.05, 3.63) is 47.9 Å². The maximum absolute atomic E-state index is 4.53. The minimum Gasteiger partial charge on any atom is -0.380 e. The van der Waals surface area contributed by atoms with Gasteiger partial charge in [-0.3, -0.25) is 4.99 Å². The van der Waals surface area contributed by atoms with Crippen molar-refractivity contribution >= 4 is 18.3 Å². The van der Waals surface area contributed by atoms with E-state index in [0.29, 0.717) is 11.8 Å². The largest absolute Gasteiger partial charge is 0.380 e. The van der Waals surface area contributed by atoms with Gasteiger partial charge in [0.1, 0.15) is 0 Å². The Hall–Kier alpha value is -1.22. The summed E-state index contributed by atoms with van der Waals surface area (Å²) < 4.78 is 0. The molecule has 112 valence electrons. The van der Waals surface area contributed by atoms with Gasteiger partial charge in [0.25, 0.3) is 0 Å². The highest BCUT2D eigenvalue weighted by atomic mass is 32.1. The van der Waals surface area contributed by atoms with Crippen molar-refractivity contribution in [2.45, 2.75) is 41.0 Å². The van der Waals surface area contributed by atoms with Gasteiger partial charge in [0.15, 0.2) is 0 Å². The quantitative estimate of drug-likeness (QED) is 0.283. The van der Waals surface area contributed by atoms with E-state index in [0.717, 1.165) is 29.0 Å². The van der Waals surface area contributed by atoms with E-state index in [4.69, 9.17) is 0 Å². The van der Waals surface area contributed by atoms with Crippen LogP contribution in [0.2, 0.25) is 0 Å². The highest BCUT2D eigenvalue weighted by Crippen LogP contribution is 2.18. The van der Waals surface area contributed by atoms with Crippen molar-refractivity contribution in [3.63, 3.8) is 0 Å². The zero-order chi connectivity index (χ0) is 15.7. The van der Waals surface area contributed by atoms with Crippen molar-refractivity contribution in [3.8, 4) is 0 Å².